The number of hydrogen-bond acceptors (Lipinski definition) is 5. The van der Waals surface area contributed by atoms with Crippen molar-refractivity contribution in [3.63, 3.8) is 0 Å². The Morgan fingerprint density at radius 2 is 1.95 bits per heavy atom. The molecule has 0 unspecified atom stereocenters. The molecule has 1 aliphatic rings. The lowest BCUT2D eigenvalue weighted by atomic mass is 10.3. The average Bonchev–Trinajstić information content (AvgIpc) is 2.39. The molecule has 1 aliphatic heterocycles. The Morgan fingerprint density at radius 1 is 1.26 bits per heavy atom. The molecule has 0 bridgehead atoms. The lowest BCUT2D eigenvalue weighted by Crippen LogP contribution is -2.49. The summed E-state index contributed by atoms with van der Waals surface area (Å²) < 4.78 is 4.90. The minimum absolute atomic E-state index is 0.0109. The molecule has 0 atom stereocenters. The number of nitrogens with one attached hydrogen (secondary N) is 1. The van der Waals surface area contributed by atoms with Crippen LogP contribution in [-0.2, 0) is 14.3 Å². The number of nitrogens with zero attached hydrogens (tertiary/aromatic N) is 2. The van der Waals surface area contributed by atoms with Gasteiger partial charge in [-0.15, -0.1) is 0 Å². The molecule has 1 heterocycles. The highest BCUT2D eigenvalue weighted by Crippen LogP contribution is 1.99. The molecule has 0 saturated carbocycles. The number of amides is 1. The van der Waals surface area contributed by atoms with Gasteiger partial charge in [-0.25, -0.2) is 0 Å². The number of piperazine rings is 1. The highest BCUT2D eigenvalue weighted by Gasteiger charge is 2.20. The summed E-state index contributed by atoms with van der Waals surface area (Å²) >= 11 is 0. The van der Waals surface area contributed by atoms with E-state index in [9.17, 15) is 9.59 Å². The largest absolute Gasteiger partial charge is 0.465 e. The van der Waals surface area contributed by atoms with Crippen LogP contribution < -0.4 is 5.32 Å². The predicted molar refractivity (Wildman–Crippen MR) is 72.8 cm³/mol. The first-order chi connectivity index (χ1) is 9.17. The van der Waals surface area contributed by atoms with Gasteiger partial charge in [-0.2, -0.15) is 0 Å². The minimum atomic E-state index is -0.329. The summed E-state index contributed by atoms with van der Waals surface area (Å²) in [4.78, 5) is 27.4. The van der Waals surface area contributed by atoms with Crippen LogP contribution in [0.15, 0.2) is 0 Å². The van der Waals surface area contributed by atoms with Crippen molar-refractivity contribution in [1.29, 1.82) is 0 Å². The van der Waals surface area contributed by atoms with Crippen LogP contribution in [0.5, 0.6) is 0 Å². The van der Waals surface area contributed by atoms with Crippen molar-refractivity contribution in [2.45, 2.75) is 20.3 Å². The summed E-state index contributed by atoms with van der Waals surface area (Å²) in [5, 5.41) is 3.25. The van der Waals surface area contributed by atoms with E-state index in [0.717, 1.165) is 32.6 Å². The summed E-state index contributed by atoms with van der Waals surface area (Å²) in [6, 6.07) is 0. The van der Waals surface area contributed by atoms with Gasteiger partial charge in [0.05, 0.1) is 13.2 Å². The van der Waals surface area contributed by atoms with Gasteiger partial charge in [0.2, 0.25) is 5.91 Å². The van der Waals surface area contributed by atoms with Crippen LogP contribution in [0, 0.1) is 0 Å². The Hall–Kier alpha value is -1.14. The molecule has 1 fully saturated rings. The molecule has 19 heavy (non-hydrogen) atoms. The van der Waals surface area contributed by atoms with Crippen molar-refractivity contribution in [1.82, 2.24) is 15.1 Å². The van der Waals surface area contributed by atoms with E-state index in [1.807, 2.05) is 6.92 Å². The number of carbonyl (C=O) groups is 2. The fraction of sp³-hybridized carbons (Fsp3) is 0.846. The zero-order chi connectivity index (χ0) is 14.1. The van der Waals surface area contributed by atoms with Crippen LogP contribution in [0.2, 0.25) is 0 Å². The van der Waals surface area contributed by atoms with Crippen molar-refractivity contribution >= 4 is 11.9 Å². The first kappa shape index (κ1) is 15.9. The number of ether oxygens (including phenoxy) is 1. The number of rotatable bonds is 7. The molecule has 0 spiro atoms. The van der Waals surface area contributed by atoms with Gasteiger partial charge in [0.1, 0.15) is 6.54 Å². The minimum Gasteiger partial charge on any atom is -0.465 e. The maximum absolute atomic E-state index is 12.2. The molecule has 0 aromatic rings. The molecule has 0 aromatic carbocycles. The second-order valence-corrected chi connectivity index (χ2v) is 4.65. The second kappa shape index (κ2) is 8.87. The van der Waals surface area contributed by atoms with Gasteiger partial charge in [-0.1, -0.05) is 6.92 Å². The smallest absolute Gasteiger partial charge is 0.325 e. The molecule has 0 aliphatic carbocycles. The van der Waals surface area contributed by atoms with Gasteiger partial charge < -0.3 is 15.0 Å². The standard InChI is InChI=1S/C13H25N3O3/c1-3-7-16(11-13(18)19-4-2)12(17)10-15-8-5-14-6-9-15/h14H,3-11H2,1-2H3. The van der Waals surface area contributed by atoms with E-state index < -0.39 is 0 Å². The zero-order valence-electron chi connectivity index (χ0n) is 12.0. The van der Waals surface area contributed by atoms with E-state index in [2.05, 4.69) is 10.2 Å². The Labute approximate surface area is 115 Å². The predicted octanol–water partition coefficient (Wildman–Crippen LogP) is -0.307. The van der Waals surface area contributed by atoms with Gasteiger partial charge in [0.25, 0.3) is 0 Å². The monoisotopic (exact) mass is 271 g/mol. The van der Waals surface area contributed by atoms with Gasteiger partial charge in [0, 0.05) is 32.7 Å². The topological polar surface area (TPSA) is 61.9 Å². The molecule has 1 amide bonds. The molecule has 1 saturated heterocycles. The summed E-state index contributed by atoms with van der Waals surface area (Å²) in [6.45, 7) is 8.76. The van der Waals surface area contributed by atoms with Crippen LogP contribution in [0.4, 0.5) is 0 Å². The molecule has 0 aromatic heterocycles. The van der Waals surface area contributed by atoms with Crippen LogP contribution in [0.1, 0.15) is 20.3 Å². The van der Waals surface area contributed by atoms with E-state index in [-0.39, 0.29) is 18.4 Å². The summed E-state index contributed by atoms with van der Waals surface area (Å²) in [7, 11) is 0. The van der Waals surface area contributed by atoms with Gasteiger partial charge in [0.15, 0.2) is 0 Å². The quantitative estimate of drug-likeness (QED) is 0.644. The maximum atomic E-state index is 12.2. The fourth-order valence-corrected chi connectivity index (χ4v) is 2.08. The van der Waals surface area contributed by atoms with E-state index in [1.165, 1.54) is 0 Å². The Bertz CT molecular complexity index is 291. The highest BCUT2D eigenvalue weighted by atomic mass is 16.5. The lowest BCUT2D eigenvalue weighted by Gasteiger charge is -2.29. The SMILES string of the molecule is CCCN(CC(=O)OCC)C(=O)CN1CCNCC1. The number of carbonyl (C=O) groups excluding carboxylic acids is 2. The van der Waals surface area contributed by atoms with Crippen molar-refractivity contribution < 1.29 is 14.3 Å². The second-order valence-electron chi connectivity index (χ2n) is 4.65. The van der Waals surface area contributed by atoms with E-state index >= 15 is 0 Å². The van der Waals surface area contributed by atoms with Crippen molar-refractivity contribution in [2.24, 2.45) is 0 Å². The Balaban J connectivity index is 2.44. The highest BCUT2D eigenvalue weighted by molar-refractivity contribution is 5.83. The molecule has 6 heteroatoms. The summed E-state index contributed by atoms with van der Waals surface area (Å²) in [5.74, 6) is -0.318. The van der Waals surface area contributed by atoms with E-state index in [4.69, 9.17) is 4.74 Å². The zero-order valence-corrected chi connectivity index (χ0v) is 12.0. The molecule has 0 radical (unpaired) electrons. The summed E-state index contributed by atoms with van der Waals surface area (Å²) in [5.41, 5.74) is 0. The summed E-state index contributed by atoms with van der Waals surface area (Å²) in [6.07, 6.45) is 0.840. The first-order valence-corrected chi connectivity index (χ1v) is 7.03. The Morgan fingerprint density at radius 3 is 2.53 bits per heavy atom. The fourth-order valence-electron chi connectivity index (χ4n) is 2.08. The van der Waals surface area contributed by atoms with Crippen LogP contribution in [0.3, 0.4) is 0 Å². The van der Waals surface area contributed by atoms with Crippen LogP contribution >= 0.6 is 0 Å². The van der Waals surface area contributed by atoms with Crippen molar-refractivity contribution in [3.8, 4) is 0 Å². The average molecular weight is 271 g/mol. The molecular weight excluding hydrogens is 246 g/mol. The van der Waals surface area contributed by atoms with Gasteiger partial charge in [-0.05, 0) is 13.3 Å². The third-order valence-electron chi connectivity index (χ3n) is 3.04. The van der Waals surface area contributed by atoms with Gasteiger partial charge in [-0.3, -0.25) is 14.5 Å². The number of hydrogen-bond donors (Lipinski definition) is 1. The molecule has 6 nitrogen and oxygen atoms in total. The van der Waals surface area contributed by atoms with E-state index in [0.29, 0.717) is 19.7 Å². The van der Waals surface area contributed by atoms with Gasteiger partial charge >= 0.3 is 5.97 Å². The molecular formula is C13H25N3O3. The third kappa shape index (κ3) is 6.02. The van der Waals surface area contributed by atoms with E-state index in [1.54, 1.807) is 11.8 Å². The van der Waals surface area contributed by atoms with Crippen LogP contribution in [0.25, 0.3) is 0 Å². The lowest BCUT2D eigenvalue weighted by molar-refractivity contribution is -0.149. The maximum Gasteiger partial charge on any atom is 0.325 e. The molecule has 1 rings (SSSR count). The number of esters is 1. The molecule has 110 valence electrons. The van der Waals surface area contributed by atoms with Crippen LogP contribution in [-0.4, -0.2) is 74.1 Å². The van der Waals surface area contributed by atoms with Crippen molar-refractivity contribution in [3.05, 3.63) is 0 Å². The normalized spacial score (nSPS) is 16.1. The molecule has 1 N–H and O–H groups in total. The van der Waals surface area contributed by atoms with Crippen molar-refractivity contribution in [2.75, 3.05) is 52.4 Å². The first-order valence-electron chi connectivity index (χ1n) is 7.03. The Kier molecular flexibility index (Phi) is 7.43. The third-order valence-corrected chi connectivity index (χ3v) is 3.04.